The van der Waals surface area contributed by atoms with Crippen molar-refractivity contribution in [1.29, 1.82) is 0 Å². The summed E-state index contributed by atoms with van der Waals surface area (Å²) in [6, 6.07) is 12.3. The summed E-state index contributed by atoms with van der Waals surface area (Å²) in [7, 11) is 0. The number of benzene rings is 2. The molecule has 148 valence electrons. The quantitative estimate of drug-likeness (QED) is 0.419. The van der Waals surface area contributed by atoms with Crippen LogP contribution in [0.2, 0.25) is 0 Å². The Bertz CT molecular complexity index is 1000. The van der Waals surface area contributed by atoms with Crippen molar-refractivity contribution in [1.82, 2.24) is 4.90 Å². The molecule has 0 aliphatic carbocycles. The van der Waals surface area contributed by atoms with Gasteiger partial charge in [-0.05, 0) is 41.1 Å². The number of hydrogen-bond donors (Lipinski definition) is 1. The van der Waals surface area contributed by atoms with Crippen LogP contribution in [0.1, 0.15) is 11.1 Å². The molecule has 0 saturated carbocycles. The third-order valence-corrected chi connectivity index (χ3v) is 4.83. The standard InChI is InChI=1S/C19H15N3O6S/c20-17(23)11-28-15-7-3-12(4-8-15)9-16-18(24)21(19(25)29-16)10-13-1-5-14(6-2-13)22(26)27/h1-9H,10-11H2,(H2,20,23)/b16-9-. The monoisotopic (exact) mass is 413 g/mol. The van der Waals surface area contributed by atoms with Crippen LogP contribution in [0, 0.1) is 10.1 Å². The number of non-ortho nitro benzene ring substituents is 1. The number of carbonyl (C=O) groups excluding carboxylic acids is 3. The number of ether oxygens (including phenoxy) is 1. The van der Waals surface area contributed by atoms with Crippen molar-refractivity contribution >= 4 is 40.6 Å². The van der Waals surface area contributed by atoms with Crippen LogP contribution in [-0.4, -0.2) is 33.5 Å². The minimum atomic E-state index is -0.587. The molecule has 2 N–H and O–H groups in total. The molecule has 0 bridgehead atoms. The number of carbonyl (C=O) groups is 3. The fourth-order valence-electron chi connectivity index (χ4n) is 2.51. The molecule has 0 spiro atoms. The molecule has 1 aliphatic rings. The van der Waals surface area contributed by atoms with Crippen molar-refractivity contribution in [2.45, 2.75) is 6.54 Å². The molecular formula is C19H15N3O6S. The van der Waals surface area contributed by atoms with Gasteiger partial charge in [-0.1, -0.05) is 24.3 Å². The highest BCUT2D eigenvalue weighted by molar-refractivity contribution is 8.18. The molecule has 1 aliphatic heterocycles. The van der Waals surface area contributed by atoms with Gasteiger partial charge >= 0.3 is 0 Å². The molecule has 2 aromatic rings. The number of amides is 3. The van der Waals surface area contributed by atoms with E-state index in [0.717, 1.165) is 16.7 Å². The lowest BCUT2D eigenvalue weighted by atomic mass is 10.2. The van der Waals surface area contributed by atoms with E-state index in [1.165, 1.54) is 24.3 Å². The Morgan fingerprint density at radius 1 is 1.14 bits per heavy atom. The van der Waals surface area contributed by atoms with Gasteiger partial charge in [0.2, 0.25) is 0 Å². The fraction of sp³-hybridized carbons (Fsp3) is 0.105. The SMILES string of the molecule is NC(=O)COc1ccc(/C=C2\SC(=O)N(Cc3ccc([N+](=O)[O-])cc3)C2=O)cc1. The minimum Gasteiger partial charge on any atom is -0.484 e. The lowest BCUT2D eigenvalue weighted by Gasteiger charge is -2.12. The van der Waals surface area contributed by atoms with Gasteiger partial charge in [0, 0.05) is 12.1 Å². The molecule has 3 rings (SSSR count). The molecular weight excluding hydrogens is 398 g/mol. The van der Waals surface area contributed by atoms with Crippen LogP contribution in [0.25, 0.3) is 6.08 Å². The summed E-state index contributed by atoms with van der Waals surface area (Å²) >= 11 is 0.820. The van der Waals surface area contributed by atoms with E-state index in [1.807, 2.05) is 0 Å². The second-order valence-electron chi connectivity index (χ2n) is 6.02. The Kier molecular flexibility index (Phi) is 5.93. The van der Waals surface area contributed by atoms with E-state index in [4.69, 9.17) is 10.5 Å². The van der Waals surface area contributed by atoms with E-state index in [9.17, 15) is 24.5 Å². The molecule has 9 nitrogen and oxygen atoms in total. The fourth-order valence-corrected chi connectivity index (χ4v) is 3.35. The van der Waals surface area contributed by atoms with Gasteiger partial charge in [0.25, 0.3) is 22.7 Å². The summed E-state index contributed by atoms with van der Waals surface area (Å²) in [5.74, 6) is -0.574. The van der Waals surface area contributed by atoms with E-state index in [-0.39, 0.29) is 23.7 Å². The topological polar surface area (TPSA) is 133 Å². The molecule has 0 aromatic heterocycles. The van der Waals surface area contributed by atoms with Gasteiger partial charge < -0.3 is 10.5 Å². The zero-order valence-electron chi connectivity index (χ0n) is 14.9. The van der Waals surface area contributed by atoms with E-state index >= 15 is 0 Å². The number of hydrogen-bond acceptors (Lipinski definition) is 7. The summed E-state index contributed by atoms with van der Waals surface area (Å²) in [6.07, 6.45) is 1.58. The Morgan fingerprint density at radius 3 is 2.38 bits per heavy atom. The van der Waals surface area contributed by atoms with Gasteiger partial charge in [-0.15, -0.1) is 0 Å². The molecule has 1 heterocycles. The first-order valence-electron chi connectivity index (χ1n) is 8.33. The number of nitro groups is 1. The van der Waals surface area contributed by atoms with Crippen LogP contribution in [0.5, 0.6) is 5.75 Å². The maximum Gasteiger partial charge on any atom is 0.293 e. The van der Waals surface area contributed by atoms with Gasteiger partial charge in [-0.2, -0.15) is 0 Å². The highest BCUT2D eigenvalue weighted by Crippen LogP contribution is 2.33. The minimum absolute atomic E-state index is 0.0277. The van der Waals surface area contributed by atoms with Crippen molar-refractivity contribution in [3.63, 3.8) is 0 Å². The highest BCUT2D eigenvalue weighted by Gasteiger charge is 2.35. The second-order valence-corrected chi connectivity index (χ2v) is 7.01. The maximum atomic E-state index is 12.6. The highest BCUT2D eigenvalue weighted by atomic mass is 32.2. The molecule has 2 aromatic carbocycles. The van der Waals surface area contributed by atoms with E-state index in [1.54, 1.807) is 30.3 Å². The smallest absolute Gasteiger partial charge is 0.293 e. The molecule has 0 radical (unpaired) electrons. The van der Waals surface area contributed by atoms with Crippen LogP contribution in [0.15, 0.2) is 53.4 Å². The Hall–Kier alpha value is -3.66. The van der Waals surface area contributed by atoms with Gasteiger partial charge in [0.15, 0.2) is 6.61 Å². The lowest BCUT2D eigenvalue weighted by molar-refractivity contribution is -0.384. The van der Waals surface area contributed by atoms with Crippen LogP contribution >= 0.6 is 11.8 Å². The first-order chi connectivity index (χ1) is 13.8. The lowest BCUT2D eigenvalue weighted by Crippen LogP contribution is -2.27. The first-order valence-corrected chi connectivity index (χ1v) is 9.15. The van der Waals surface area contributed by atoms with Crippen LogP contribution in [0.4, 0.5) is 10.5 Å². The van der Waals surface area contributed by atoms with Crippen molar-refractivity contribution in [3.05, 3.63) is 74.7 Å². The normalized spacial score (nSPS) is 15.0. The molecule has 29 heavy (non-hydrogen) atoms. The number of thioether (sulfide) groups is 1. The van der Waals surface area contributed by atoms with E-state index < -0.39 is 22.0 Å². The zero-order chi connectivity index (χ0) is 21.0. The molecule has 0 atom stereocenters. The van der Waals surface area contributed by atoms with Gasteiger partial charge in [-0.25, -0.2) is 0 Å². The Balaban J connectivity index is 1.69. The van der Waals surface area contributed by atoms with Gasteiger partial charge in [0.1, 0.15) is 5.75 Å². The Morgan fingerprint density at radius 2 is 1.79 bits per heavy atom. The number of nitro benzene ring substituents is 1. The molecule has 10 heteroatoms. The number of nitrogens with zero attached hydrogens (tertiary/aromatic N) is 2. The second kappa shape index (κ2) is 8.57. The summed E-state index contributed by atoms with van der Waals surface area (Å²) in [5, 5.41) is 10.3. The van der Waals surface area contributed by atoms with Crippen molar-refractivity contribution in [2.75, 3.05) is 6.61 Å². The molecule has 0 unspecified atom stereocenters. The summed E-state index contributed by atoms with van der Waals surface area (Å²) in [6.45, 7) is -0.208. The summed E-state index contributed by atoms with van der Waals surface area (Å²) in [5.41, 5.74) is 6.24. The number of imide groups is 1. The molecule has 1 saturated heterocycles. The van der Waals surface area contributed by atoms with E-state index in [0.29, 0.717) is 16.9 Å². The Labute approximate surface area is 169 Å². The van der Waals surface area contributed by atoms with Gasteiger partial charge in [0.05, 0.1) is 16.4 Å². The predicted molar refractivity (Wildman–Crippen MR) is 106 cm³/mol. The molecule has 1 fully saturated rings. The summed E-state index contributed by atoms with van der Waals surface area (Å²) < 4.78 is 5.17. The average molecular weight is 413 g/mol. The van der Waals surface area contributed by atoms with Crippen molar-refractivity contribution in [3.8, 4) is 5.75 Å². The van der Waals surface area contributed by atoms with Gasteiger partial charge in [-0.3, -0.25) is 29.4 Å². The molecule has 3 amide bonds. The number of rotatable bonds is 7. The first kappa shape index (κ1) is 20.1. The summed E-state index contributed by atoms with van der Waals surface area (Å²) in [4.78, 5) is 47.1. The third kappa shape index (κ3) is 4.99. The largest absolute Gasteiger partial charge is 0.484 e. The zero-order valence-corrected chi connectivity index (χ0v) is 15.8. The number of nitrogens with two attached hydrogens (primary N) is 1. The maximum absolute atomic E-state index is 12.6. The van der Waals surface area contributed by atoms with E-state index in [2.05, 4.69) is 0 Å². The van der Waals surface area contributed by atoms with Crippen LogP contribution in [0.3, 0.4) is 0 Å². The average Bonchev–Trinajstić information content (AvgIpc) is 2.95. The predicted octanol–water partition coefficient (Wildman–Crippen LogP) is 2.70. The number of primary amides is 1. The van der Waals surface area contributed by atoms with Crippen molar-refractivity contribution < 1.29 is 24.0 Å². The van der Waals surface area contributed by atoms with Crippen molar-refractivity contribution in [2.24, 2.45) is 5.73 Å². The third-order valence-electron chi connectivity index (χ3n) is 3.92. The van der Waals surface area contributed by atoms with Crippen LogP contribution in [-0.2, 0) is 16.1 Å². The van der Waals surface area contributed by atoms with Crippen LogP contribution < -0.4 is 10.5 Å².